The van der Waals surface area contributed by atoms with Crippen molar-refractivity contribution in [2.24, 2.45) is 0 Å². The van der Waals surface area contributed by atoms with E-state index in [9.17, 15) is 13.2 Å². The molecular weight excluding hydrogens is 408 g/mol. The van der Waals surface area contributed by atoms with Crippen LogP contribution in [0.15, 0.2) is 53.4 Å². The van der Waals surface area contributed by atoms with Crippen LogP contribution in [0.3, 0.4) is 0 Å². The predicted molar refractivity (Wildman–Crippen MR) is 122 cm³/mol. The number of hydrogen-bond acceptors (Lipinski definition) is 3. The number of sulfonamides is 1. The average Bonchev–Trinajstić information content (AvgIpc) is 2.79. The number of rotatable bonds is 7. The average molecular weight is 441 g/mol. The van der Waals surface area contributed by atoms with E-state index in [0.29, 0.717) is 17.7 Å². The zero-order valence-corrected chi connectivity index (χ0v) is 18.8. The van der Waals surface area contributed by atoms with Gasteiger partial charge in [0.2, 0.25) is 15.9 Å². The summed E-state index contributed by atoms with van der Waals surface area (Å²) in [5.74, 6) is 0.0392. The highest BCUT2D eigenvalue weighted by molar-refractivity contribution is 7.89. The highest BCUT2D eigenvalue weighted by Crippen LogP contribution is 2.29. The van der Waals surface area contributed by atoms with E-state index in [-0.39, 0.29) is 18.0 Å². The summed E-state index contributed by atoms with van der Waals surface area (Å²) < 4.78 is 28.1. The highest BCUT2D eigenvalue weighted by atomic mass is 32.2. The van der Waals surface area contributed by atoms with Crippen LogP contribution in [0.4, 0.5) is 0 Å². The van der Waals surface area contributed by atoms with Crippen LogP contribution in [0.1, 0.15) is 74.1 Å². The second-order valence-corrected chi connectivity index (χ2v) is 10.5. The van der Waals surface area contributed by atoms with Crippen LogP contribution in [0.2, 0.25) is 0 Å². The van der Waals surface area contributed by atoms with E-state index in [1.54, 1.807) is 12.1 Å². The van der Waals surface area contributed by atoms with E-state index in [2.05, 4.69) is 28.2 Å². The molecule has 1 fully saturated rings. The maximum atomic E-state index is 12.6. The zero-order valence-electron chi connectivity index (χ0n) is 18.0. The molecule has 166 valence electrons. The Morgan fingerprint density at radius 3 is 2.42 bits per heavy atom. The number of benzene rings is 2. The first kappa shape index (κ1) is 22.0. The van der Waals surface area contributed by atoms with Crippen molar-refractivity contribution in [2.75, 3.05) is 0 Å². The molecule has 31 heavy (non-hydrogen) atoms. The molecule has 0 saturated heterocycles. The molecule has 6 heteroatoms. The summed E-state index contributed by atoms with van der Waals surface area (Å²) in [6.45, 7) is 0. The fourth-order valence-corrected chi connectivity index (χ4v) is 6.08. The van der Waals surface area contributed by atoms with Crippen molar-refractivity contribution in [2.45, 2.75) is 81.2 Å². The molecule has 1 atom stereocenters. The molecule has 5 nitrogen and oxygen atoms in total. The normalized spacial score (nSPS) is 19.5. The van der Waals surface area contributed by atoms with Gasteiger partial charge in [0.15, 0.2) is 0 Å². The van der Waals surface area contributed by atoms with Crippen LogP contribution in [0.25, 0.3) is 0 Å². The Hall–Kier alpha value is -2.18. The lowest BCUT2D eigenvalue weighted by molar-refractivity contribution is -0.121. The molecule has 4 rings (SSSR count). The Morgan fingerprint density at radius 2 is 1.65 bits per heavy atom. The SMILES string of the molecule is O=C(CCc1ccc(S(=O)(=O)NC2CCCCC2)cc1)NC1CCCc2ccccc21. The van der Waals surface area contributed by atoms with Crippen molar-refractivity contribution in [3.63, 3.8) is 0 Å². The third-order valence-corrected chi connectivity index (χ3v) is 8.04. The largest absolute Gasteiger partial charge is 0.349 e. The number of carbonyl (C=O) groups is 1. The molecule has 2 aliphatic carbocycles. The first-order valence-electron chi connectivity index (χ1n) is 11.5. The highest BCUT2D eigenvalue weighted by Gasteiger charge is 2.23. The Kier molecular flexibility index (Phi) is 7.08. The van der Waals surface area contributed by atoms with Crippen molar-refractivity contribution in [1.82, 2.24) is 10.0 Å². The fourth-order valence-electron chi connectivity index (χ4n) is 4.77. The summed E-state index contributed by atoms with van der Waals surface area (Å²) in [7, 11) is -3.48. The van der Waals surface area contributed by atoms with Crippen molar-refractivity contribution in [3.05, 3.63) is 65.2 Å². The maximum Gasteiger partial charge on any atom is 0.240 e. The second kappa shape index (κ2) is 9.96. The van der Waals surface area contributed by atoms with Gasteiger partial charge in [0.1, 0.15) is 0 Å². The lowest BCUT2D eigenvalue weighted by atomic mass is 9.87. The summed E-state index contributed by atoms with van der Waals surface area (Å²) in [6.07, 6.45) is 9.32. The summed E-state index contributed by atoms with van der Waals surface area (Å²) in [5.41, 5.74) is 3.54. The Labute approximate surface area is 185 Å². The van der Waals surface area contributed by atoms with Crippen LogP contribution in [-0.4, -0.2) is 20.4 Å². The number of hydrogen-bond donors (Lipinski definition) is 2. The van der Waals surface area contributed by atoms with Gasteiger partial charge in [-0.15, -0.1) is 0 Å². The quantitative estimate of drug-likeness (QED) is 0.669. The molecule has 0 bridgehead atoms. The maximum absolute atomic E-state index is 12.6. The monoisotopic (exact) mass is 440 g/mol. The van der Waals surface area contributed by atoms with Gasteiger partial charge in [-0.3, -0.25) is 4.79 Å². The van der Waals surface area contributed by atoms with Crippen LogP contribution in [0, 0.1) is 0 Å². The summed E-state index contributed by atoms with van der Waals surface area (Å²) in [4.78, 5) is 12.8. The Bertz CT molecular complexity index is 996. The third-order valence-electron chi connectivity index (χ3n) is 6.51. The van der Waals surface area contributed by atoms with Crippen LogP contribution in [0.5, 0.6) is 0 Å². The predicted octanol–water partition coefficient (Wildman–Crippen LogP) is 4.42. The Morgan fingerprint density at radius 1 is 0.903 bits per heavy atom. The molecule has 2 aromatic rings. The standard InChI is InChI=1S/C25H32N2O3S/c28-25(26-24-12-6-8-20-7-4-5-11-23(20)24)18-15-19-13-16-22(17-14-19)31(29,30)27-21-9-2-1-3-10-21/h4-5,7,11,13-14,16-17,21,24,27H,1-3,6,8-10,12,15,18H2,(H,26,28). The van der Waals surface area contributed by atoms with Crippen molar-refractivity contribution < 1.29 is 13.2 Å². The van der Waals surface area contributed by atoms with Gasteiger partial charge >= 0.3 is 0 Å². The summed E-state index contributed by atoms with van der Waals surface area (Å²) in [6, 6.07) is 15.4. The molecule has 1 saturated carbocycles. The van der Waals surface area contributed by atoms with Crippen molar-refractivity contribution >= 4 is 15.9 Å². The van der Waals surface area contributed by atoms with Gasteiger partial charge in [-0.1, -0.05) is 55.7 Å². The molecule has 1 amide bonds. The third kappa shape index (κ3) is 5.74. The minimum absolute atomic E-state index is 0.0392. The first-order chi connectivity index (χ1) is 15.0. The number of fused-ring (bicyclic) bond motifs is 1. The second-order valence-electron chi connectivity index (χ2n) is 8.81. The minimum Gasteiger partial charge on any atom is -0.349 e. The smallest absolute Gasteiger partial charge is 0.240 e. The molecule has 2 aromatic carbocycles. The molecule has 2 N–H and O–H groups in total. The van der Waals surface area contributed by atoms with Crippen molar-refractivity contribution in [3.8, 4) is 0 Å². The van der Waals surface area contributed by atoms with Gasteiger partial charge in [-0.05, 0) is 67.3 Å². The van der Waals surface area contributed by atoms with Gasteiger partial charge in [0.25, 0.3) is 0 Å². The van der Waals surface area contributed by atoms with E-state index in [1.807, 2.05) is 18.2 Å². The number of nitrogens with one attached hydrogen (secondary N) is 2. The Balaban J connectivity index is 1.30. The molecule has 2 aliphatic rings. The van der Waals surface area contributed by atoms with Gasteiger partial charge in [-0.2, -0.15) is 0 Å². The first-order valence-corrected chi connectivity index (χ1v) is 13.0. The van der Waals surface area contributed by atoms with Gasteiger partial charge < -0.3 is 5.32 Å². The molecule has 0 heterocycles. The molecular formula is C25H32N2O3S. The molecule has 0 aliphatic heterocycles. The van der Waals surface area contributed by atoms with Crippen LogP contribution >= 0.6 is 0 Å². The topological polar surface area (TPSA) is 75.3 Å². The number of amides is 1. The van der Waals surface area contributed by atoms with E-state index in [1.165, 1.54) is 17.5 Å². The van der Waals surface area contributed by atoms with E-state index >= 15 is 0 Å². The van der Waals surface area contributed by atoms with Crippen molar-refractivity contribution in [1.29, 1.82) is 0 Å². The fraction of sp³-hybridized carbons (Fsp3) is 0.480. The lowest BCUT2D eigenvalue weighted by Crippen LogP contribution is -2.36. The summed E-state index contributed by atoms with van der Waals surface area (Å²) in [5, 5.41) is 3.18. The number of carbonyl (C=O) groups excluding carboxylic acids is 1. The molecule has 0 aromatic heterocycles. The molecule has 0 radical (unpaired) electrons. The molecule has 0 spiro atoms. The van der Waals surface area contributed by atoms with E-state index in [4.69, 9.17) is 0 Å². The van der Waals surface area contributed by atoms with Gasteiger partial charge in [0, 0.05) is 12.5 Å². The van der Waals surface area contributed by atoms with E-state index in [0.717, 1.165) is 50.5 Å². The van der Waals surface area contributed by atoms with Crippen LogP contribution < -0.4 is 10.0 Å². The minimum atomic E-state index is -3.48. The molecule has 1 unspecified atom stereocenters. The summed E-state index contributed by atoms with van der Waals surface area (Å²) >= 11 is 0. The van der Waals surface area contributed by atoms with Gasteiger partial charge in [-0.25, -0.2) is 13.1 Å². The van der Waals surface area contributed by atoms with Crippen LogP contribution in [-0.2, 0) is 27.7 Å². The number of aryl methyl sites for hydroxylation is 2. The zero-order chi connectivity index (χ0) is 21.7. The van der Waals surface area contributed by atoms with Gasteiger partial charge in [0.05, 0.1) is 10.9 Å². The lowest BCUT2D eigenvalue weighted by Gasteiger charge is -2.26. The van der Waals surface area contributed by atoms with E-state index < -0.39 is 10.0 Å².